The van der Waals surface area contributed by atoms with Crippen molar-refractivity contribution in [2.75, 3.05) is 46.6 Å². The smallest absolute Gasteiger partial charge is 0.308 e. The van der Waals surface area contributed by atoms with Crippen LogP contribution in [-0.2, 0) is 4.74 Å². The first kappa shape index (κ1) is 21.1. The highest BCUT2D eigenvalue weighted by Gasteiger charge is 2.45. The van der Waals surface area contributed by atoms with Gasteiger partial charge < -0.3 is 9.94 Å². The van der Waals surface area contributed by atoms with Gasteiger partial charge in [-0.1, -0.05) is 47.7 Å². The number of alkyl halides is 1. The van der Waals surface area contributed by atoms with Crippen LogP contribution in [0.2, 0.25) is 0 Å². The third-order valence-corrected chi connectivity index (χ3v) is 5.76. The lowest BCUT2D eigenvalue weighted by molar-refractivity contribution is -0.00410. The number of hydroxylamine groups is 2. The molecule has 1 aromatic heterocycles. The van der Waals surface area contributed by atoms with E-state index in [-0.39, 0.29) is 6.17 Å². The van der Waals surface area contributed by atoms with Crippen LogP contribution in [0, 0.1) is 5.21 Å². The zero-order valence-electron chi connectivity index (χ0n) is 15.4. The molecule has 0 amide bonds. The number of unbranched alkanes of at least 4 members (excludes halogenated alkanes) is 1. The van der Waals surface area contributed by atoms with Gasteiger partial charge in [-0.15, -0.1) is 5.10 Å². The Morgan fingerprint density at radius 3 is 2.72 bits per heavy atom. The van der Waals surface area contributed by atoms with Crippen molar-refractivity contribution in [1.82, 2.24) is 24.6 Å². The quantitative estimate of drug-likeness (QED) is 0.402. The van der Waals surface area contributed by atoms with Crippen molar-refractivity contribution < 1.29 is 4.74 Å². The summed E-state index contributed by atoms with van der Waals surface area (Å²) < 4.78 is 4.95. The Bertz CT molecular complexity index is 487. The average Bonchev–Trinajstić information content (AvgIpc) is 3.23. The van der Waals surface area contributed by atoms with Crippen molar-refractivity contribution in [2.24, 2.45) is 0 Å². The molecule has 3 rings (SSSR count). The van der Waals surface area contributed by atoms with Crippen LogP contribution in [0.5, 0.6) is 0 Å². The van der Waals surface area contributed by atoms with Crippen LogP contribution in [0.3, 0.4) is 0 Å². The van der Waals surface area contributed by atoms with Crippen molar-refractivity contribution >= 4 is 32.4 Å². The molecule has 0 N–H and O–H groups in total. The summed E-state index contributed by atoms with van der Waals surface area (Å²) in [7, 11) is 1.98. The number of hydrogen-bond donors (Lipinski definition) is 0. The van der Waals surface area contributed by atoms with Crippen LogP contribution >= 0.6 is 27.3 Å². The number of ether oxygens (including phenoxy) is 1. The van der Waals surface area contributed by atoms with E-state index in [1.54, 1.807) is 5.51 Å². The number of hydrogen-bond acceptors (Lipinski definition) is 7. The molecule has 2 aliphatic heterocycles. The molecular formula is C16H30BrN5O2S. The standard InChI is InChI=1S/C10H17N5O2S.C6H13Br/c1-13-6-9(14-2-4-17-5-3-14)15(16,8-13)10-12-11-7-18-10;1-3-4-5-6(2)7/h7,9H,2-6,8H2,1H3;6H,3-5H2,1-2H3. The molecule has 2 fully saturated rings. The molecule has 0 saturated carbocycles. The molecule has 3 atom stereocenters. The first-order valence-electron chi connectivity index (χ1n) is 8.97. The van der Waals surface area contributed by atoms with E-state index in [9.17, 15) is 5.21 Å². The lowest BCUT2D eigenvalue weighted by Gasteiger charge is -2.45. The Balaban J connectivity index is 0.000000277. The van der Waals surface area contributed by atoms with E-state index < -0.39 is 4.65 Å². The zero-order chi connectivity index (χ0) is 18.3. The van der Waals surface area contributed by atoms with Crippen LogP contribution < -0.4 is 4.65 Å². The van der Waals surface area contributed by atoms with Gasteiger partial charge in [0.15, 0.2) is 6.17 Å². The fraction of sp³-hybridized carbons (Fsp3) is 0.875. The van der Waals surface area contributed by atoms with Gasteiger partial charge in [-0.3, -0.25) is 9.55 Å². The Kier molecular flexibility index (Phi) is 8.67. The summed E-state index contributed by atoms with van der Waals surface area (Å²) in [6.45, 7) is 8.66. The van der Waals surface area contributed by atoms with Crippen LogP contribution in [0.1, 0.15) is 33.1 Å². The first-order valence-corrected chi connectivity index (χ1v) is 10.8. The summed E-state index contributed by atoms with van der Waals surface area (Å²) in [5.74, 6) is 0. The monoisotopic (exact) mass is 435 g/mol. The van der Waals surface area contributed by atoms with Crippen molar-refractivity contribution in [3.63, 3.8) is 0 Å². The van der Waals surface area contributed by atoms with Gasteiger partial charge in [0.1, 0.15) is 12.2 Å². The molecule has 0 spiro atoms. The maximum Gasteiger partial charge on any atom is 0.308 e. The van der Waals surface area contributed by atoms with E-state index in [1.807, 2.05) is 7.05 Å². The minimum absolute atomic E-state index is 0.0909. The van der Waals surface area contributed by atoms with E-state index in [1.165, 1.54) is 30.6 Å². The number of rotatable bonds is 5. The van der Waals surface area contributed by atoms with E-state index in [0.717, 1.165) is 19.6 Å². The molecule has 144 valence electrons. The highest BCUT2D eigenvalue weighted by Crippen LogP contribution is 2.33. The van der Waals surface area contributed by atoms with Gasteiger partial charge in [0.2, 0.25) is 0 Å². The van der Waals surface area contributed by atoms with Crippen LogP contribution in [0.4, 0.5) is 5.13 Å². The molecule has 3 heterocycles. The van der Waals surface area contributed by atoms with Gasteiger partial charge in [0, 0.05) is 17.9 Å². The highest BCUT2D eigenvalue weighted by atomic mass is 79.9. The summed E-state index contributed by atoms with van der Waals surface area (Å²) in [5, 5.41) is 21.5. The molecule has 3 unspecified atom stereocenters. The predicted molar refractivity (Wildman–Crippen MR) is 107 cm³/mol. The summed E-state index contributed by atoms with van der Waals surface area (Å²) in [4.78, 5) is 5.00. The fourth-order valence-electron chi connectivity index (χ4n) is 3.18. The molecule has 0 radical (unpaired) electrons. The second-order valence-corrected chi connectivity index (χ2v) is 9.12. The average molecular weight is 436 g/mol. The van der Waals surface area contributed by atoms with Gasteiger partial charge in [0.25, 0.3) is 0 Å². The minimum Gasteiger partial charge on any atom is -0.623 e. The van der Waals surface area contributed by atoms with Gasteiger partial charge in [-0.05, 0) is 24.8 Å². The molecule has 0 aliphatic carbocycles. The number of quaternary nitrogens is 1. The van der Waals surface area contributed by atoms with Gasteiger partial charge >= 0.3 is 5.13 Å². The van der Waals surface area contributed by atoms with Gasteiger partial charge in [-0.25, -0.2) is 4.90 Å². The molecule has 2 saturated heterocycles. The van der Waals surface area contributed by atoms with Gasteiger partial charge in [-0.2, -0.15) is 0 Å². The van der Waals surface area contributed by atoms with Crippen molar-refractivity contribution in [3.8, 4) is 0 Å². The number of nitrogens with zero attached hydrogens (tertiary/aromatic N) is 5. The third-order valence-electron chi connectivity index (χ3n) is 4.50. The summed E-state index contributed by atoms with van der Waals surface area (Å²) in [6, 6.07) is 0. The van der Waals surface area contributed by atoms with E-state index in [0.29, 0.717) is 29.8 Å². The molecule has 25 heavy (non-hydrogen) atoms. The Morgan fingerprint density at radius 1 is 1.48 bits per heavy atom. The number of likely N-dealkylation sites (N-methyl/N-ethyl adjacent to an activating group) is 1. The van der Waals surface area contributed by atoms with Crippen LogP contribution in [0.25, 0.3) is 0 Å². The van der Waals surface area contributed by atoms with Crippen LogP contribution in [-0.4, -0.2) is 77.6 Å². The van der Waals surface area contributed by atoms with Gasteiger partial charge in [0.05, 0.1) is 19.8 Å². The molecule has 0 aromatic carbocycles. The van der Waals surface area contributed by atoms with Crippen molar-refractivity contribution in [1.29, 1.82) is 0 Å². The van der Waals surface area contributed by atoms with Crippen molar-refractivity contribution in [2.45, 2.75) is 44.1 Å². The first-order chi connectivity index (χ1) is 12.0. The number of halogens is 1. The number of aromatic nitrogens is 2. The highest BCUT2D eigenvalue weighted by molar-refractivity contribution is 9.09. The third kappa shape index (κ3) is 5.92. The Labute approximate surface area is 163 Å². The summed E-state index contributed by atoms with van der Waals surface area (Å²) in [6.07, 6.45) is 3.89. The van der Waals surface area contributed by atoms with Crippen LogP contribution in [0.15, 0.2) is 5.51 Å². The molecule has 0 bridgehead atoms. The zero-order valence-corrected chi connectivity index (χ0v) is 17.8. The van der Waals surface area contributed by atoms with E-state index in [2.05, 4.69) is 49.8 Å². The Morgan fingerprint density at radius 2 is 2.20 bits per heavy atom. The number of morpholine rings is 1. The second-order valence-electron chi connectivity index (χ2n) is 6.75. The maximum atomic E-state index is 13.1. The SMILES string of the molecule is CCCCC(C)Br.CN1CC(N2CCOCC2)[N+]([O-])(c2nncs2)C1. The molecule has 7 nitrogen and oxygen atoms in total. The van der Waals surface area contributed by atoms with Crippen molar-refractivity contribution in [3.05, 3.63) is 10.7 Å². The normalized spacial score (nSPS) is 29.2. The predicted octanol–water partition coefficient (Wildman–Crippen LogP) is 2.86. The summed E-state index contributed by atoms with van der Waals surface area (Å²) in [5.41, 5.74) is 1.63. The van der Waals surface area contributed by atoms with E-state index >= 15 is 0 Å². The largest absolute Gasteiger partial charge is 0.623 e. The molecule has 1 aromatic rings. The minimum atomic E-state index is -0.402. The second kappa shape index (κ2) is 10.2. The lowest BCUT2D eigenvalue weighted by Crippen LogP contribution is -2.59. The van der Waals surface area contributed by atoms with E-state index in [4.69, 9.17) is 4.74 Å². The molecule has 2 aliphatic rings. The Hall–Kier alpha value is -0.160. The molecular weight excluding hydrogens is 406 g/mol. The summed E-state index contributed by atoms with van der Waals surface area (Å²) >= 11 is 4.82. The topological polar surface area (TPSA) is 64.5 Å². The molecule has 9 heteroatoms. The lowest BCUT2D eigenvalue weighted by atomic mass is 10.2. The maximum absolute atomic E-state index is 13.1. The fourth-order valence-corrected chi connectivity index (χ4v) is 4.15.